The number of carbonyl (C=O) groups is 1. The first-order chi connectivity index (χ1) is 7.63. The van der Waals surface area contributed by atoms with Gasteiger partial charge in [0.2, 0.25) is 5.91 Å². The van der Waals surface area contributed by atoms with Crippen molar-refractivity contribution in [2.24, 2.45) is 11.8 Å². The molecule has 2 unspecified atom stereocenters. The minimum Gasteiger partial charge on any atom is -0.396 e. The van der Waals surface area contributed by atoms with Gasteiger partial charge < -0.3 is 10.4 Å². The summed E-state index contributed by atoms with van der Waals surface area (Å²) in [4.78, 5) is 11.7. The van der Waals surface area contributed by atoms with E-state index in [-0.39, 0.29) is 24.5 Å². The van der Waals surface area contributed by atoms with Crippen molar-refractivity contribution in [2.45, 2.75) is 58.4 Å². The number of hydrogen-bond acceptors (Lipinski definition) is 2. The smallest absolute Gasteiger partial charge is 0.220 e. The monoisotopic (exact) mass is 227 g/mol. The van der Waals surface area contributed by atoms with E-state index in [9.17, 15) is 9.90 Å². The fourth-order valence-electron chi connectivity index (χ4n) is 2.31. The summed E-state index contributed by atoms with van der Waals surface area (Å²) in [5.41, 5.74) is 0. The van der Waals surface area contributed by atoms with Crippen molar-refractivity contribution in [3.63, 3.8) is 0 Å². The molecule has 0 saturated heterocycles. The second-order valence-electron chi connectivity index (χ2n) is 5.33. The lowest BCUT2D eigenvalue weighted by molar-refractivity contribution is -0.122. The Hall–Kier alpha value is -0.570. The van der Waals surface area contributed by atoms with Crippen molar-refractivity contribution in [3.8, 4) is 0 Å². The van der Waals surface area contributed by atoms with Crippen molar-refractivity contribution in [3.05, 3.63) is 0 Å². The van der Waals surface area contributed by atoms with Gasteiger partial charge in [-0.3, -0.25) is 4.79 Å². The molecular weight excluding hydrogens is 202 g/mol. The summed E-state index contributed by atoms with van der Waals surface area (Å²) >= 11 is 0. The van der Waals surface area contributed by atoms with Crippen LogP contribution < -0.4 is 5.32 Å². The van der Waals surface area contributed by atoms with E-state index in [1.165, 1.54) is 12.8 Å². The van der Waals surface area contributed by atoms with Crippen LogP contribution in [0.25, 0.3) is 0 Å². The van der Waals surface area contributed by atoms with Crippen LogP contribution in [0.2, 0.25) is 0 Å². The molecule has 3 nitrogen and oxygen atoms in total. The summed E-state index contributed by atoms with van der Waals surface area (Å²) < 4.78 is 0. The van der Waals surface area contributed by atoms with Gasteiger partial charge in [0.15, 0.2) is 0 Å². The predicted octanol–water partition coefficient (Wildman–Crippen LogP) is 2.09. The van der Waals surface area contributed by atoms with E-state index in [0.717, 1.165) is 19.3 Å². The van der Waals surface area contributed by atoms with E-state index in [2.05, 4.69) is 19.2 Å². The Morgan fingerprint density at radius 2 is 2.06 bits per heavy atom. The second-order valence-corrected chi connectivity index (χ2v) is 5.33. The molecule has 1 amide bonds. The quantitative estimate of drug-likeness (QED) is 0.755. The molecule has 1 aliphatic carbocycles. The molecule has 0 heterocycles. The lowest BCUT2D eigenvalue weighted by Gasteiger charge is -2.30. The third-order valence-electron chi connectivity index (χ3n) is 3.44. The van der Waals surface area contributed by atoms with E-state index < -0.39 is 0 Å². The second kappa shape index (κ2) is 6.89. The largest absolute Gasteiger partial charge is 0.396 e. The number of aliphatic hydroxyl groups excluding tert-OH is 1. The maximum atomic E-state index is 11.7. The third-order valence-corrected chi connectivity index (χ3v) is 3.44. The van der Waals surface area contributed by atoms with Crippen LogP contribution in [-0.4, -0.2) is 23.7 Å². The number of nitrogens with one attached hydrogen (secondary N) is 1. The Balaban J connectivity index is 2.30. The van der Waals surface area contributed by atoms with Crippen molar-refractivity contribution >= 4 is 5.91 Å². The van der Waals surface area contributed by atoms with Crippen LogP contribution in [0.1, 0.15) is 52.4 Å². The Morgan fingerprint density at radius 1 is 1.38 bits per heavy atom. The minimum absolute atomic E-state index is 0.152. The van der Waals surface area contributed by atoms with E-state index in [4.69, 9.17) is 0 Å². The first-order valence-corrected chi connectivity index (χ1v) is 6.53. The molecule has 0 aliphatic heterocycles. The van der Waals surface area contributed by atoms with E-state index >= 15 is 0 Å². The molecule has 1 rings (SSSR count). The fourth-order valence-corrected chi connectivity index (χ4v) is 2.31. The predicted molar refractivity (Wildman–Crippen MR) is 65.0 cm³/mol. The minimum atomic E-state index is 0.152. The van der Waals surface area contributed by atoms with Crippen LogP contribution in [0.5, 0.6) is 0 Å². The highest BCUT2D eigenvalue weighted by Crippen LogP contribution is 2.24. The highest BCUT2D eigenvalue weighted by molar-refractivity contribution is 5.76. The molecule has 0 aromatic rings. The van der Waals surface area contributed by atoms with E-state index in [0.29, 0.717) is 12.3 Å². The highest BCUT2D eigenvalue weighted by atomic mass is 16.3. The summed E-state index contributed by atoms with van der Waals surface area (Å²) in [6, 6.07) is 0.207. The van der Waals surface area contributed by atoms with Crippen molar-refractivity contribution in [1.82, 2.24) is 5.32 Å². The lowest BCUT2D eigenvalue weighted by Crippen LogP contribution is -2.43. The zero-order valence-corrected chi connectivity index (χ0v) is 10.5. The molecule has 0 spiro atoms. The van der Waals surface area contributed by atoms with Gasteiger partial charge in [0.05, 0.1) is 0 Å². The summed E-state index contributed by atoms with van der Waals surface area (Å²) in [5.74, 6) is 1.00. The van der Waals surface area contributed by atoms with Crippen molar-refractivity contribution < 1.29 is 9.90 Å². The molecule has 94 valence electrons. The van der Waals surface area contributed by atoms with Crippen molar-refractivity contribution in [1.29, 1.82) is 0 Å². The molecule has 1 saturated carbocycles. The topological polar surface area (TPSA) is 49.3 Å². The summed E-state index contributed by atoms with van der Waals surface area (Å²) in [6.45, 7) is 4.46. The maximum Gasteiger partial charge on any atom is 0.220 e. The molecule has 1 aliphatic rings. The molecule has 0 bridgehead atoms. The number of rotatable bonds is 5. The number of amides is 1. The normalized spacial score (nSPS) is 25.8. The average Bonchev–Trinajstić information content (AvgIpc) is 2.27. The highest BCUT2D eigenvalue weighted by Gasteiger charge is 2.25. The molecule has 2 N–H and O–H groups in total. The van der Waals surface area contributed by atoms with Crippen LogP contribution in [0.3, 0.4) is 0 Å². The van der Waals surface area contributed by atoms with Gasteiger partial charge in [-0.2, -0.15) is 0 Å². The van der Waals surface area contributed by atoms with Gasteiger partial charge >= 0.3 is 0 Å². The zero-order chi connectivity index (χ0) is 12.0. The van der Waals surface area contributed by atoms with Crippen molar-refractivity contribution in [2.75, 3.05) is 6.61 Å². The van der Waals surface area contributed by atoms with Crippen LogP contribution in [-0.2, 0) is 4.79 Å². The first kappa shape index (κ1) is 13.5. The molecular formula is C13H25NO2. The van der Waals surface area contributed by atoms with Gasteiger partial charge in [-0.15, -0.1) is 0 Å². The van der Waals surface area contributed by atoms with Crippen LogP contribution in [0, 0.1) is 11.8 Å². The Morgan fingerprint density at radius 3 is 2.69 bits per heavy atom. The van der Waals surface area contributed by atoms with Gasteiger partial charge in [-0.05, 0) is 25.2 Å². The first-order valence-electron chi connectivity index (χ1n) is 6.53. The number of hydrogen-bond donors (Lipinski definition) is 2. The molecule has 3 heteroatoms. The summed E-state index contributed by atoms with van der Waals surface area (Å²) in [7, 11) is 0. The average molecular weight is 227 g/mol. The summed E-state index contributed by atoms with van der Waals surface area (Å²) in [6.07, 6.45) is 5.99. The molecule has 16 heavy (non-hydrogen) atoms. The molecule has 2 atom stereocenters. The van der Waals surface area contributed by atoms with Gasteiger partial charge in [-0.1, -0.05) is 26.7 Å². The number of carbonyl (C=O) groups excluding carboxylic acids is 1. The Labute approximate surface area is 98.6 Å². The van der Waals surface area contributed by atoms with E-state index in [1.807, 2.05) is 0 Å². The molecule has 0 radical (unpaired) electrons. The Kier molecular flexibility index (Phi) is 5.81. The third kappa shape index (κ3) is 4.52. The van der Waals surface area contributed by atoms with Crippen LogP contribution >= 0.6 is 0 Å². The fraction of sp³-hybridized carbons (Fsp3) is 0.923. The Bertz CT molecular complexity index is 216. The van der Waals surface area contributed by atoms with Gasteiger partial charge in [-0.25, -0.2) is 0 Å². The SMILES string of the molecule is CC(C)CCC(=O)NC1CCCCC1CO. The maximum absolute atomic E-state index is 11.7. The van der Waals surface area contributed by atoms with Gasteiger partial charge in [0.25, 0.3) is 0 Å². The zero-order valence-electron chi connectivity index (χ0n) is 10.5. The van der Waals surface area contributed by atoms with Gasteiger partial charge in [0, 0.05) is 25.0 Å². The summed E-state index contributed by atoms with van der Waals surface area (Å²) in [5, 5.41) is 12.3. The number of aliphatic hydroxyl groups is 1. The molecule has 0 aromatic carbocycles. The van der Waals surface area contributed by atoms with E-state index in [1.54, 1.807) is 0 Å². The van der Waals surface area contributed by atoms with Crippen LogP contribution in [0.15, 0.2) is 0 Å². The molecule has 0 aromatic heterocycles. The van der Waals surface area contributed by atoms with Gasteiger partial charge in [0.1, 0.15) is 0 Å². The lowest BCUT2D eigenvalue weighted by atomic mass is 9.85. The van der Waals surface area contributed by atoms with Crippen LogP contribution in [0.4, 0.5) is 0 Å². The standard InChI is InChI=1S/C13H25NO2/c1-10(2)7-8-13(16)14-12-6-4-3-5-11(12)9-15/h10-12,15H,3-9H2,1-2H3,(H,14,16). The molecule has 1 fully saturated rings.